The number of hydrogen-bond donors (Lipinski definition) is 1. The van der Waals surface area contributed by atoms with Crippen LogP contribution < -0.4 is 5.32 Å². The molecule has 0 aliphatic rings. The van der Waals surface area contributed by atoms with Crippen molar-refractivity contribution in [3.05, 3.63) is 58.7 Å². The quantitative estimate of drug-likeness (QED) is 0.647. The predicted molar refractivity (Wildman–Crippen MR) is 96.5 cm³/mol. The lowest BCUT2D eigenvalue weighted by Gasteiger charge is -2.10. The maximum Gasteiger partial charge on any atom is 0.221 e. The summed E-state index contributed by atoms with van der Waals surface area (Å²) < 4.78 is 0. The number of thioether (sulfide) groups is 1. The molecule has 0 saturated heterocycles. The van der Waals surface area contributed by atoms with Crippen LogP contribution >= 0.6 is 11.8 Å². The molecule has 0 saturated carbocycles. The fourth-order valence-corrected chi connectivity index (χ4v) is 3.45. The lowest BCUT2D eigenvalue weighted by atomic mass is 9.97. The summed E-state index contributed by atoms with van der Waals surface area (Å²) in [5.74, 6) is 0.464. The highest BCUT2D eigenvalue weighted by Gasteiger charge is 2.13. The zero-order chi connectivity index (χ0) is 17.0. The Morgan fingerprint density at radius 2 is 1.57 bits per heavy atom. The van der Waals surface area contributed by atoms with E-state index >= 15 is 0 Å². The number of carbonyl (C=O) groups is 2. The van der Waals surface area contributed by atoms with Crippen LogP contribution in [0.4, 0.5) is 5.69 Å². The molecule has 23 heavy (non-hydrogen) atoms. The van der Waals surface area contributed by atoms with Crippen molar-refractivity contribution < 1.29 is 9.59 Å². The molecule has 3 nitrogen and oxygen atoms in total. The molecule has 0 aliphatic carbocycles. The van der Waals surface area contributed by atoms with E-state index < -0.39 is 0 Å². The number of hydrogen-bond acceptors (Lipinski definition) is 3. The van der Waals surface area contributed by atoms with E-state index in [4.69, 9.17) is 0 Å². The molecule has 0 fully saturated rings. The normalized spacial score (nSPS) is 10.4. The highest BCUT2D eigenvalue weighted by Crippen LogP contribution is 2.24. The molecule has 0 aromatic heterocycles. The van der Waals surface area contributed by atoms with Crippen molar-refractivity contribution in [3.63, 3.8) is 0 Å². The van der Waals surface area contributed by atoms with E-state index in [0.717, 1.165) is 27.3 Å². The Hall–Kier alpha value is -2.07. The maximum absolute atomic E-state index is 12.5. The van der Waals surface area contributed by atoms with E-state index in [0.29, 0.717) is 5.75 Å². The van der Waals surface area contributed by atoms with Crippen molar-refractivity contribution in [2.75, 3.05) is 11.1 Å². The number of rotatable bonds is 5. The van der Waals surface area contributed by atoms with Gasteiger partial charge in [0.15, 0.2) is 5.78 Å². The fourth-order valence-electron chi connectivity index (χ4n) is 2.68. The molecular weight excluding hydrogens is 306 g/mol. The van der Waals surface area contributed by atoms with E-state index in [1.54, 1.807) is 0 Å². The third-order valence-corrected chi connectivity index (χ3v) is 4.51. The van der Waals surface area contributed by atoms with Crippen molar-refractivity contribution in [1.82, 2.24) is 0 Å². The number of nitrogens with one attached hydrogen (secondary N) is 1. The molecule has 0 spiro atoms. The SMILES string of the molecule is CC(=O)Nc1ccc(SCC(=O)c2c(C)cc(C)cc2C)cc1. The average molecular weight is 327 g/mol. The first-order valence-electron chi connectivity index (χ1n) is 7.48. The maximum atomic E-state index is 12.5. The van der Waals surface area contributed by atoms with Gasteiger partial charge in [0.05, 0.1) is 5.75 Å². The van der Waals surface area contributed by atoms with Crippen LogP contribution in [-0.4, -0.2) is 17.4 Å². The molecule has 0 unspecified atom stereocenters. The second-order valence-electron chi connectivity index (χ2n) is 5.69. The minimum atomic E-state index is -0.0918. The van der Waals surface area contributed by atoms with Gasteiger partial charge >= 0.3 is 0 Å². The number of ketones is 1. The van der Waals surface area contributed by atoms with Crippen molar-refractivity contribution in [1.29, 1.82) is 0 Å². The van der Waals surface area contributed by atoms with Crippen molar-refractivity contribution in [3.8, 4) is 0 Å². The van der Waals surface area contributed by atoms with Gasteiger partial charge in [0.2, 0.25) is 5.91 Å². The molecule has 0 radical (unpaired) electrons. The lowest BCUT2D eigenvalue weighted by molar-refractivity contribution is -0.114. The van der Waals surface area contributed by atoms with Gasteiger partial charge in [-0.15, -0.1) is 11.8 Å². The molecule has 1 N–H and O–H groups in total. The van der Waals surface area contributed by atoms with E-state index in [1.807, 2.05) is 57.2 Å². The lowest BCUT2D eigenvalue weighted by Crippen LogP contribution is -2.08. The summed E-state index contributed by atoms with van der Waals surface area (Å²) in [5, 5.41) is 2.73. The molecule has 0 heterocycles. The van der Waals surface area contributed by atoms with Gasteiger partial charge in [0.25, 0.3) is 0 Å². The van der Waals surface area contributed by atoms with Crippen LogP contribution in [0.5, 0.6) is 0 Å². The summed E-state index contributed by atoms with van der Waals surface area (Å²) in [7, 11) is 0. The van der Waals surface area contributed by atoms with Crippen molar-refractivity contribution in [2.45, 2.75) is 32.6 Å². The summed E-state index contributed by atoms with van der Waals surface area (Å²) in [5.41, 5.74) is 4.84. The van der Waals surface area contributed by atoms with Crippen LogP contribution in [0.1, 0.15) is 34.0 Å². The molecule has 2 rings (SSSR count). The Morgan fingerprint density at radius 3 is 2.09 bits per heavy atom. The van der Waals surface area contributed by atoms with Gasteiger partial charge in [-0.2, -0.15) is 0 Å². The zero-order valence-electron chi connectivity index (χ0n) is 13.9. The van der Waals surface area contributed by atoms with Gasteiger partial charge in [0.1, 0.15) is 0 Å². The molecule has 0 bridgehead atoms. The second kappa shape index (κ2) is 7.47. The first-order chi connectivity index (χ1) is 10.9. The number of Topliss-reactive ketones (excluding diaryl/α,β-unsaturated/α-hetero) is 1. The Bertz CT molecular complexity index is 713. The largest absolute Gasteiger partial charge is 0.326 e. The van der Waals surface area contributed by atoms with Crippen LogP contribution in [0, 0.1) is 20.8 Å². The standard InChI is InChI=1S/C19H21NO2S/c1-12-9-13(2)19(14(3)10-12)18(22)11-23-17-7-5-16(6-8-17)20-15(4)21/h5-10H,11H2,1-4H3,(H,20,21). The molecule has 0 aliphatic heterocycles. The molecule has 1 amide bonds. The molecule has 2 aromatic carbocycles. The molecule has 2 aromatic rings. The first kappa shape index (κ1) is 17.3. The van der Waals surface area contributed by atoms with Crippen LogP contribution in [0.25, 0.3) is 0 Å². The van der Waals surface area contributed by atoms with Crippen LogP contribution in [0.15, 0.2) is 41.3 Å². The highest BCUT2D eigenvalue weighted by atomic mass is 32.2. The first-order valence-corrected chi connectivity index (χ1v) is 8.47. The number of amides is 1. The Kier molecular flexibility index (Phi) is 5.61. The Balaban J connectivity index is 2.03. The minimum Gasteiger partial charge on any atom is -0.326 e. The Morgan fingerprint density at radius 1 is 1.00 bits per heavy atom. The third kappa shape index (κ3) is 4.70. The average Bonchev–Trinajstić information content (AvgIpc) is 2.45. The predicted octanol–water partition coefficient (Wildman–Crippen LogP) is 4.55. The van der Waals surface area contributed by atoms with Crippen LogP contribution in [0.3, 0.4) is 0 Å². The fraction of sp³-hybridized carbons (Fsp3) is 0.263. The molecule has 4 heteroatoms. The summed E-state index contributed by atoms with van der Waals surface area (Å²) in [4.78, 5) is 24.5. The highest BCUT2D eigenvalue weighted by molar-refractivity contribution is 8.00. The summed E-state index contributed by atoms with van der Waals surface area (Å²) in [6.45, 7) is 7.49. The van der Waals surface area contributed by atoms with Gasteiger partial charge < -0.3 is 5.32 Å². The van der Waals surface area contributed by atoms with Gasteiger partial charge in [-0.25, -0.2) is 0 Å². The number of aryl methyl sites for hydroxylation is 3. The Labute approximate surface area is 141 Å². The topological polar surface area (TPSA) is 46.2 Å². The third-order valence-electron chi connectivity index (χ3n) is 3.50. The van der Waals surface area contributed by atoms with Crippen LogP contribution in [-0.2, 0) is 4.79 Å². The van der Waals surface area contributed by atoms with E-state index in [-0.39, 0.29) is 11.7 Å². The molecular formula is C19H21NO2S. The molecule has 0 atom stereocenters. The van der Waals surface area contributed by atoms with Gasteiger partial charge in [-0.1, -0.05) is 17.7 Å². The minimum absolute atomic E-state index is 0.0918. The smallest absolute Gasteiger partial charge is 0.221 e. The second-order valence-corrected chi connectivity index (χ2v) is 6.74. The van der Waals surface area contributed by atoms with E-state index in [2.05, 4.69) is 5.32 Å². The van der Waals surface area contributed by atoms with Gasteiger partial charge in [-0.05, 0) is 56.2 Å². The van der Waals surface area contributed by atoms with Gasteiger partial charge in [-0.3, -0.25) is 9.59 Å². The summed E-state index contributed by atoms with van der Waals surface area (Å²) in [6.07, 6.45) is 0. The number of carbonyl (C=O) groups excluding carboxylic acids is 2. The van der Waals surface area contributed by atoms with E-state index in [9.17, 15) is 9.59 Å². The summed E-state index contributed by atoms with van der Waals surface area (Å²) in [6, 6.07) is 11.6. The van der Waals surface area contributed by atoms with E-state index in [1.165, 1.54) is 24.2 Å². The van der Waals surface area contributed by atoms with Gasteiger partial charge in [0, 0.05) is 23.1 Å². The zero-order valence-corrected chi connectivity index (χ0v) is 14.7. The summed E-state index contributed by atoms with van der Waals surface area (Å²) >= 11 is 1.51. The van der Waals surface area contributed by atoms with Crippen molar-refractivity contribution in [2.24, 2.45) is 0 Å². The molecule has 120 valence electrons. The number of anilines is 1. The number of benzene rings is 2. The monoisotopic (exact) mass is 327 g/mol. The van der Waals surface area contributed by atoms with Crippen molar-refractivity contribution >= 4 is 29.1 Å². The van der Waals surface area contributed by atoms with Crippen LogP contribution in [0.2, 0.25) is 0 Å².